The van der Waals surface area contributed by atoms with Crippen molar-refractivity contribution < 1.29 is 9.47 Å². The Morgan fingerprint density at radius 1 is 1.31 bits per heavy atom. The Morgan fingerprint density at radius 2 is 2.12 bits per heavy atom. The lowest BCUT2D eigenvalue weighted by molar-refractivity contribution is 0.171. The van der Waals surface area contributed by atoms with Gasteiger partial charge in [-0.3, -0.25) is 4.99 Å². The molecule has 1 aromatic rings. The Hall–Kier alpha value is -0.540. The molecular weight excluding hydrogens is 485 g/mol. The zero-order chi connectivity index (χ0) is 17.6. The van der Waals surface area contributed by atoms with Crippen LogP contribution in [0.25, 0.3) is 0 Å². The first kappa shape index (κ1) is 21.8. The molecule has 8 heteroatoms. The zero-order valence-electron chi connectivity index (χ0n) is 15.2. The summed E-state index contributed by atoms with van der Waals surface area (Å²) in [4.78, 5) is 4.34. The first-order valence-electron chi connectivity index (χ1n) is 8.77. The summed E-state index contributed by atoms with van der Waals surface area (Å²) >= 11 is 8.26. The van der Waals surface area contributed by atoms with E-state index in [1.807, 2.05) is 30.9 Å². The van der Waals surface area contributed by atoms with Crippen molar-refractivity contribution in [3.8, 4) is 11.5 Å². The number of benzene rings is 1. The molecule has 2 N–H and O–H groups in total. The summed E-state index contributed by atoms with van der Waals surface area (Å²) in [7, 11) is 1.82. The quantitative estimate of drug-likeness (QED) is 0.359. The summed E-state index contributed by atoms with van der Waals surface area (Å²) in [6.07, 6.45) is 6.74. The smallest absolute Gasteiger partial charge is 0.191 e. The maximum atomic E-state index is 6.29. The second-order valence-corrected chi connectivity index (χ2v) is 7.91. The van der Waals surface area contributed by atoms with Gasteiger partial charge in [0.25, 0.3) is 0 Å². The van der Waals surface area contributed by atoms with Crippen LogP contribution >= 0.6 is 47.3 Å². The van der Waals surface area contributed by atoms with E-state index in [1.54, 1.807) is 0 Å². The van der Waals surface area contributed by atoms with Crippen LogP contribution in [-0.2, 0) is 6.42 Å². The van der Waals surface area contributed by atoms with Gasteiger partial charge in [0.15, 0.2) is 17.5 Å². The molecule has 1 aliphatic carbocycles. The second kappa shape index (κ2) is 10.7. The number of ether oxygens (including phenoxy) is 2. The van der Waals surface area contributed by atoms with Crippen LogP contribution in [0.2, 0.25) is 5.02 Å². The summed E-state index contributed by atoms with van der Waals surface area (Å²) in [5.74, 6) is 2.27. The lowest BCUT2D eigenvalue weighted by atomic mass is 10.1. The van der Waals surface area contributed by atoms with Crippen molar-refractivity contribution in [2.45, 2.75) is 37.0 Å². The third-order valence-corrected chi connectivity index (χ3v) is 6.02. The predicted octanol–water partition coefficient (Wildman–Crippen LogP) is 3.72. The highest BCUT2D eigenvalue weighted by molar-refractivity contribution is 14.0. The summed E-state index contributed by atoms with van der Waals surface area (Å²) < 4.78 is 11.2. The maximum Gasteiger partial charge on any atom is 0.191 e. The molecule has 1 aliphatic heterocycles. The average Bonchev–Trinajstić information content (AvgIpc) is 3.08. The fourth-order valence-corrected chi connectivity index (χ4v) is 4.39. The Labute approximate surface area is 182 Å². The largest absolute Gasteiger partial charge is 0.486 e. The molecule has 0 spiro atoms. The van der Waals surface area contributed by atoms with Crippen molar-refractivity contribution in [2.75, 3.05) is 33.1 Å². The topological polar surface area (TPSA) is 54.9 Å². The van der Waals surface area contributed by atoms with Gasteiger partial charge in [-0.25, -0.2) is 0 Å². The normalized spacial score (nSPS) is 21.9. The predicted molar refractivity (Wildman–Crippen MR) is 121 cm³/mol. The molecule has 2 aliphatic rings. The zero-order valence-corrected chi connectivity index (χ0v) is 19.1. The van der Waals surface area contributed by atoms with Crippen LogP contribution in [-0.4, -0.2) is 50.3 Å². The highest BCUT2D eigenvalue weighted by Gasteiger charge is 2.24. The van der Waals surface area contributed by atoms with E-state index in [2.05, 4.69) is 21.9 Å². The number of nitrogens with zero attached hydrogens (tertiary/aromatic N) is 1. The highest BCUT2D eigenvalue weighted by Crippen LogP contribution is 2.38. The van der Waals surface area contributed by atoms with Crippen molar-refractivity contribution in [2.24, 2.45) is 4.99 Å². The van der Waals surface area contributed by atoms with Gasteiger partial charge in [-0.15, -0.1) is 24.0 Å². The molecule has 0 bridgehead atoms. The number of guanidine groups is 1. The summed E-state index contributed by atoms with van der Waals surface area (Å²) in [5.41, 5.74) is 1.13. The number of fused-ring (bicyclic) bond motifs is 1. The van der Waals surface area contributed by atoms with Crippen molar-refractivity contribution in [3.63, 3.8) is 0 Å². The Morgan fingerprint density at radius 3 is 2.85 bits per heavy atom. The molecule has 0 aromatic heterocycles. The number of nitrogens with one attached hydrogen (secondary N) is 2. The monoisotopic (exact) mass is 511 g/mol. The van der Waals surface area contributed by atoms with Gasteiger partial charge in [0.05, 0.1) is 5.02 Å². The molecule has 1 heterocycles. The molecule has 1 fully saturated rings. The lowest BCUT2D eigenvalue weighted by Crippen LogP contribution is -2.43. The highest BCUT2D eigenvalue weighted by atomic mass is 127. The van der Waals surface area contributed by atoms with Crippen LogP contribution in [0.3, 0.4) is 0 Å². The molecular formula is C18H27ClIN3O2S. The fourth-order valence-electron chi connectivity index (χ4n) is 3.31. The average molecular weight is 512 g/mol. The van der Waals surface area contributed by atoms with Crippen LogP contribution in [0, 0.1) is 0 Å². The van der Waals surface area contributed by atoms with Crippen LogP contribution in [0.4, 0.5) is 0 Å². The minimum atomic E-state index is 0. The SMILES string of the molecule is CN=C(NCCc1cc(Cl)c2c(c1)OCCO2)NC1CCC(SC)C1.I. The van der Waals surface area contributed by atoms with Gasteiger partial charge in [-0.05, 0) is 49.6 Å². The van der Waals surface area contributed by atoms with E-state index in [0.717, 1.165) is 35.5 Å². The van der Waals surface area contributed by atoms with Crippen molar-refractivity contribution in [1.29, 1.82) is 0 Å². The summed E-state index contributed by atoms with van der Waals surface area (Å²) in [5, 5.41) is 8.31. The molecule has 1 aromatic carbocycles. The van der Waals surface area contributed by atoms with Gasteiger partial charge in [-0.1, -0.05) is 11.6 Å². The van der Waals surface area contributed by atoms with Gasteiger partial charge in [0.2, 0.25) is 0 Å². The molecule has 5 nitrogen and oxygen atoms in total. The Kier molecular flexibility index (Phi) is 8.96. The summed E-state index contributed by atoms with van der Waals surface area (Å²) in [6, 6.07) is 4.48. The van der Waals surface area contributed by atoms with Gasteiger partial charge >= 0.3 is 0 Å². The van der Waals surface area contributed by atoms with E-state index >= 15 is 0 Å². The number of hydrogen-bond donors (Lipinski definition) is 2. The van der Waals surface area contributed by atoms with E-state index in [0.29, 0.717) is 30.0 Å². The van der Waals surface area contributed by atoms with E-state index in [-0.39, 0.29) is 24.0 Å². The van der Waals surface area contributed by atoms with Gasteiger partial charge < -0.3 is 20.1 Å². The van der Waals surface area contributed by atoms with Crippen LogP contribution in [0.1, 0.15) is 24.8 Å². The molecule has 146 valence electrons. The molecule has 3 rings (SSSR count). The van der Waals surface area contributed by atoms with Crippen molar-refractivity contribution in [3.05, 3.63) is 22.7 Å². The minimum absolute atomic E-state index is 0. The van der Waals surface area contributed by atoms with E-state index in [1.165, 1.54) is 19.3 Å². The standard InChI is InChI=1S/C18H26ClN3O2S.HI/c1-20-18(22-13-3-4-14(11-13)25-2)21-6-5-12-9-15(19)17-16(10-12)23-7-8-24-17;/h9-10,13-14H,3-8,11H2,1-2H3,(H2,20,21,22);1H. The Balaban J connectivity index is 0.00000243. The van der Waals surface area contributed by atoms with Crippen molar-refractivity contribution >= 4 is 53.3 Å². The van der Waals surface area contributed by atoms with Crippen LogP contribution in [0.5, 0.6) is 11.5 Å². The van der Waals surface area contributed by atoms with Gasteiger partial charge in [0.1, 0.15) is 13.2 Å². The fraction of sp³-hybridized carbons (Fsp3) is 0.611. The van der Waals surface area contributed by atoms with E-state index in [9.17, 15) is 0 Å². The third-order valence-electron chi connectivity index (χ3n) is 4.65. The molecule has 26 heavy (non-hydrogen) atoms. The van der Waals surface area contributed by atoms with Crippen LogP contribution in [0.15, 0.2) is 17.1 Å². The number of rotatable bonds is 5. The molecule has 0 amide bonds. The second-order valence-electron chi connectivity index (χ2n) is 6.36. The van der Waals surface area contributed by atoms with E-state index < -0.39 is 0 Å². The molecule has 1 saturated carbocycles. The number of aliphatic imine (C=N–C) groups is 1. The van der Waals surface area contributed by atoms with Crippen molar-refractivity contribution in [1.82, 2.24) is 10.6 Å². The minimum Gasteiger partial charge on any atom is -0.486 e. The summed E-state index contributed by atoms with van der Waals surface area (Å²) in [6.45, 7) is 1.91. The first-order valence-corrected chi connectivity index (χ1v) is 10.4. The maximum absolute atomic E-state index is 6.29. The third kappa shape index (κ3) is 5.73. The van der Waals surface area contributed by atoms with Gasteiger partial charge in [0, 0.05) is 24.9 Å². The number of hydrogen-bond acceptors (Lipinski definition) is 4. The van der Waals surface area contributed by atoms with E-state index in [4.69, 9.17) is 21.1 Å². The number of thioether (sulfide) groups is 1. The van der Waals surface area contributed by atoms with Gasteiger partial charge in [-0.2, -0.15) is 11.8 Å². The molecule has 0 radical (unpaired) electrons. The van der Waals surface area contributed by atoms with Crippen LogP contribution < -0.4 is 20.1 Å². The molecule has 2 unspecified atom stereocenters. The Bertz CT molecular complexity index is 633. The molecule has 2 atom stereocenters. The first-order chi connectivity index (χ1) is 12.2. The molecule has 0 saturated heterocycles. The number of halogens is 2. The lowest BCUT2D eigenvalue weighted by Gasteiger charge is -2.20.